The van der Waals surface area contributed by atoms with Gasteiger partial charge in [-0.1, -0.05) is 12.8 Å². The minimum atomic E-state index is -0.241. The van der Waals surface area contributed by atoms with Crippen LogP contribution in [-0.2, 0) is 4.74 Å². The van der Waals surface area contributed by atoms with Gasteiger partial charge in [-0.25, -0.2) is 4.39 Å². The third kappa shape index (κ3) is 6.58. The Bertz CT molecular complexity index is 893. The van der Waals surface area contributed by atoms with Crippen LogP contribution in [0.25, 0.3) is 0 Å². The highest BCUT2D eigenvalue weighted by Gasteiger charge is 2.40. The summed E-state index contributed by atoms with van der Waals surface area (Å²) in [5, 5.41) is 3.65. The van der Waals surface area contributed by atoms with Crippen LogP contribution in [0, 0.1) is 11.7 Å². The van der Waals surface area contributed by atoms with Gasteiger partial charge in [-0.15, -0.1) is 0 Å². The molecule has 1 heterocycles. The summed E-state index contributed by atoms with van der Waals surface area (Å²) in [5.41, 5.74) is 0.902. The molecule has 1 unspecified atom stereocenters. The first kappa shape index (κ1) is 23.8. The van der Waals surface area contributed by atoms with Crippen LogP contribution in [0.2, 0.25) is 0 Å². The molecule has 4 rings (SSSR count). The highest BCUT2D eigenvalue weighted by Crippen LogP contribution is 2.37. The molecule has 1 saturated carbocycles. The minimum absolute atomic E-state index is 0.153. The van der Waals surface area contributed by atoms with Gasteiger partial charge in [0, 0.05) is 30.7 Å². The average molecular weight is 473 g/mol. The van der Waals surface area contributed by atoms with Crippen LogP contribution in [0.15, 0.2) is 48.5 Å². The maximum absolute atomic E-state index is 13.0. The summed E-state index contributed by atoms with van der Waals surface area (Å²) in [7, 11) is 1.65. The molecule has 0 bridgehead atoms. The molecule has 2 aromatic carbocycles. The van der Waals surface area contributed by atoms with Gasteiger partial charge in [-0.05, 0) is 86.4 Å². The first-order valence-electron chi connectivity index (χ1n) is 11.9. The number of hydrogen-bond acceptors (Lipinski definition) is 5. The van der Waals surface area contributed by atoms with Crippen LogP contribution in [0.1, 0.15) is 38.5 Å². The standard InChI is InChI=1S/C26H33FN2O3S/c1-30-21-13-9-20(10-14-21)28-26(33)32-25-15-17-29(24-6-3-2-5-23(24)25)16-4-18-31-22-11-7-19(27)8-12-22/h7-14,23-25H,2-6,15-18H2,1H3,(H,28,33)/t23-,24?,25+/m1/s1. The Labute approximate surface area is 201 Å². The van der Waals surface area contributed by atoms with Crippen molar-refractivity contribution in [2.75, 3.05) is 32.1 Å². The lowest BCUT2D eigenvalue weighted by atomic mass is 9.76. The van der Waals surface area contributed by atoms with E-state index < -0.39 is 0 Å². The summed E-state index contributed by atoms with van der Waals surface area (Å²) in [6, 6.07) is 14.4. The molecule has 3 atom stereocenters. The van der Waals surface area contributed by atoms with E-state index >= 15 is 0 Å². The summed E-state index contributed by atoms with van der Waals surface area (Å²) >= 11 is 5.52. The number of hydrogen-bond donors (Lipinski definition) is 1. The molecule has 1 aliphatic heterocycles. The lowest BCUT2D eigenvalue weighted by Gasteiger charge is -2.47. The molecule has 33 heavy (non-hydrogen) atoms. The summed E-state index contributed by atoms with van der Waals surface area (Å²) < 4.78 is 30.3. The van der Waals surface area contributed by atoms with Crippen molar-refractivity contribution < 1.29 is 18.6 Å². The SMILES string of the molecule is COc1ccc(NC(=S)O[C@H]2CCN(CCCOc3ccc(F)cc3)C3CCCC[C@H]32)cc1. The van der Waals surface area contributed by atoms with Crippen molar-refractivity contribution in [2.45, 2.75) is 50.7 Å². The van der Waals surface area contributed by atoms with Crippen molar-refractivity contribution in [3.8, 4) is 11.5 Å². The van der Waals surface area contributed by atoms with Gasteiger partial charge in [0.1, 0.15) is 23.4 Å². The van der Waals surface area contributed by atoms with E-state index in [4.69, 9.17) is 26.4 Å². The van der Waals surface area contributed by atoms with Gasteiger partial charge in [-0.2, -0.15) is 0 Å². The number of thiocarbonyl (C=S) groups is 1. The summed E-state index contributed by atoms with van der Waals surface area (Å²) in [5.74, 6) is 1.79. The second-order valence-corrected chi connectivity index (χ2v) is 9.16. The fourth-order valence-electron chi connectivity index (χ4n) is 5.07. The second-order valence-electron chi connectivity index (χ2n) is 8.79. The number of methoxy groups -OCH3 is 1. The van der Waals surface area contributed by atoms with Crippen LogP contribution < -0.4 is 14.8 Å². The highest BCUT2D eigenvalue weighted by atomic mass is 32.1. The molecule has 2 fully saturated rings. The molecular weight excluding hydrogens is 439 g/mol. The fourth-order valence-corrected chi connectivity index (χ4v) is 5.31. The predicted octanol–water partition coefficient (Wildman–Crippen LogP) is 5.65. The zero-order valence-corrected chi connectivity index (χ0v) is 20.0. The van der Waals surface area contributed by atoms with Crippen LogP contribution in [-0.4, -0.2) is 49.0 Å². The number of anilines is 1. The quantitative estimate of drug-likeness (QED) is 0.396. The number of nitrogens with zero attached hydrogens (tertiary/aromatic N) is 1. The van der Waals surface area contributed by atoms with Crippen molar-refractivity contribution in [1.29, 1.82) is 0 Å². The maximum Gasteiger partial charge on any atom is 0.261 e. The molecule has 1 saturated heterocycles. The first-order valence-corrected chi connectivity index (χ1v) is 12.3. The highest BCUT2D eigenvalue weighted by molar-refractivity contribution is 7.80. The molecule has 0 spiro atoms. The number of fused-ring (bicyclic) bond motifs is 1. The van der Waals surface area contributed by atoms with E-state index in [1.54, 1.807) is 19.2 Å². The molecule has 2 aromatic rings. The number of likely N-dealkylation sites (tertiary alicyclic amines) is 1. The van der Waals surface area contributed by atoms with Crippen LogP contribution in [0.5, 0.6) is 11.5 Å². The number of ether oxygens (including phenoxy) is 3. The van der Waals surface area contributed by atoms with Crippen LogP contribution >= 0.6 is 12.2 Å². The Kier molecular flexibility index (Phi) is 8.40. The molecular formula is C26H33FN2O3S. The van der Waals surface area contributed by atoms with Gasteiger partial charge in [0.25, 0.3) is 5.17 Å². The van der Waals surface area contributed by atoms with E-state index in [0.717, 1.165) is 43.1 Å². The summed E-state index contributed by atoms with van der Waals surface area (Å²) in [6.45, 7) is 2.65. The largest absolute Gasteiger partial charge is 0.497 e. The van der Waals surface area contributed by atoms with Gasteiger partial charge in [-0.3, -0.25) is 4.90 Å². The number of benzene rings is 2. The second kappa shape index (κ2) is 11.7. The van der Waals surface area contributed by atoms with Crippen molar-refractivity contribution in [1.82, 2.24) is 4.90 Å². The third-order valence-corrected chi connectivity index (χ3v) is 6.89. The zero-order valence-electron chi connectivity index (χ0n) is 19.2. The van der Waals surface area contributed by atoms with Gasteiger partial charge in [0.05, 0.1) is 13.7 Å². The molecule has 0 amide bonds. The number of halogens is 1. The Morgan fingerprint density at radius 3 is 2.52 bits per heavy atom. The lowest BCUT2D eigenvalue weighted by molar-refractivity contribution is -0.0288. The molecule has 5 nitrogen and oxygen atoms in total. The Morgan fingerprint density at radius 1 is 1.03 bits per heavy atom. The Balaban J connectivity index is 1.26. The molecule has 2 aliphatic rings. The Morgan fingerprint density at radius 2 is 1.76 bits per heavy atom. The van der Waals surface area contributed by atoms with E-state index in [0.29, 0.717) is 23.7 Å². The molecule has 1 aliphatic carbocycles. The fraction of sp³-hybridized carbons (Fsp3) is 0.500. The van der Waals surface area contributed by atoms with Crippen molar-refractivity contribution in [3.05, 3.63) is 54.3 Å². The predicted molar refractivity (Wildman–Crippen MR) is 133 cm³/mol. The lowest BCUT2D eigenvalue weighted by Crippen LogP contribution is -2.54. The van der Waals surface area contributed by atoms with E-state index in [-0.39, 0.29) is 11.9 Å². The van der Waals surface area contributed by atoms with Crippen LogP contribution in [0.3, 0.4) is 0 Å². The van der Waals surface area contributed by atoms with Crippen molar-refractivity contribution in [2.24, 2.45) is 5.92 Å². The molecule has 7 heteroatoms. The molecule has 178 valence electrons. The van der Waals surface area contributed by atoms with E-state index in [1.165, 1.54) is 37.8 Å². The molecule has 1 N–H and O–H groups in total. The van der Waals surface area contributed by atoms with Gasteiger partial charge in [0.2, 0.25) is 0 Å². The smallest absolute Gasteiger partial charge is 0.261 e. The first-order chi connectivity index (χ1) is 16.1. The molecule has 0 radical (unpaired) electrons. The zero-order chi connectivity index (χ0) is 23.0. The van der Waals surface area contributed by atoms with Crippen molar-refractivity contribution >= 4 is 23.1 Å². The van der Waals surface area contributed by atoms with Gasteiger partial charge >= 0.3 is 0 Å². The molecule has 0 aromatic heterocycles. The third-order valence-electron chi connectivity index (χ3n) is 6.70. The van der Waals surface area contributed by atoms with Gasteiger partial charge < -0.3 is 19.5 Å². The van der Waals surface area contributed by atoms with Crippen LogP contribution in [0.4, 0.5) is 10.1 Å². The normalized spacial score (nSPS) is 22.8. The van der Waals surface area contributed by atoms with E-state index in [9.17, 15) is 4.39 Å². The maximum atomic E-state index is 13.0. The monoisotopic (exact) mass is 472 g/mol. The van der Waals surface area contributed by atoms with E-state index in [1.807, 2.05) is 24.3 Å². The summed E-state index contributed by atoms with van der Waals surface area (Å²) in [4.78, 5) is 2.61. The number of nitrogens with one attached hydrogen (secondary N) is 1. The Hall–Kier alpha value is -2.38. The number of piperidine rings is 1. The van der Waals surface area contributed by atoms with Crippen molar-refractivity contribution in [3.63, 3.8) is 0 Å². The summed E-state index contributed by atoms with van der Waals surface area (Å²) in [6.07, 6.45) is 6.99. The average Bonchev–Trinajstić information content (AvgIpc) is 2.84. The number of rotatable bonds is 8. The minimum Gasteiger partial charge on any atom is -0.497 e. The van der Waals surface area contributed by atoms with E-state index in [2.05, 4.69) is 10.2 Å². The topological polar surface area (TPSA) is 43.0 Å². The van der Waals surface area contributed by atoms with Gasteiger partial charge in [0.15, 0.2) is 0 Å².